The fourth-order valence-electron chi connectivity index (χ4n) is 5.27. The van der Waals surface area contributed by atoms with Crippen molar-refractivity contribution >= 4 is 51.7 Å². The predicted octanol–water partition coefficient (Wildman–Crippen LogP) is 6.27. The van der Waals surface area contributed by atoms with Crippen LogP contribution in [0.4, 0.5) is 4.39 Å². The molecule has 4 aromatic carbocycles. The largest absolute Gasteiger partial charge is 0.493 e. The quantitative estimate of drug-likeness (QED) is 0.131. The molecule has 2 heterocycles. The van der Waals surface area contributed by atoms with Crippen molar-refractivity contribution in [3.05, 3.63) is 154 Å². The van der Waals surface area contributed by atoms with E-state index in [0.29, 0.717) is 43.2 Å². The van der Waals surface area contributed by atoms with Gasteiger partial charge < -0.3 is 14.2 Å². The maximum Gasteiger partial charge on any atom is 0.338 e. The molecule has 1 aliphatic heterocycles. The maximum atomic E-state index is 14.2. The van der Waals surface area contributed by atoms with E-state index in [0.717, 1.165) is 14.7 Å². The lowest BCUT2D eigenvalue weighted by molar-refractivity contribution is -0.138. The van der Waals surface area contributed by atoms with E-state index in [4.69, 9.17) is 19.2 Å². The third-order valence-electron chi connectivity index (χ3n) is 7.37. The molecule has 0 saturated heterocycles. The van der Waals surface area contributed by atoms with Gasteiger partial charge in [-0.15, -0.1) is 0 Å². The van der Waals surface area contributed by atoms with Gasteiger partial charge in [0.1, 0.15) is 12.4 Å². The van der Waals surface area contributed by atoms with Gasteiger partial charge in [-0.2, -0.15) is 0 Å². The van der Waals surface area contributed by atoms with E-state index in [9.17, 15) is 14.0 Å². The van der Waals surface area contributed by atoms with Gasteiger partial charge in [0.25, 0.3) is 5.56 Å². The van der Waals surface area contributed by atoms with Gasteiger partial charge in [0.2, 0.25) is 0 Å². The van der Waals surface area contributed by atoms with Gasteiger partial charge >= 0.3 is 5.97 Å². The summed E-state index contributed by atoms with van der Waals surface area (Å²) in [5.74, 6) is 0.0401. The summed E-state index contributed by atoms with van der Waals surface area (Å²) in [6, 6.07) is 28.2. The molecule has 10 heteroatoms. The zero-order valence-electron chi connectivity index (χ0n) is 24.9. The highest BCUT2D eigenvalue weighted by Crippen LogP contribution is 2.36. The van der Waals surface area contributed by atoms with Crippen molar-refractivity contribution in [2.24, 2.45) is 4.99 Å². The van der Waals surface area contributed by atoms with Gasteiger partial charge in [-0.25, -0.2) is 14.2 Å². The second kappa shape index (κ2) is 13.8. The predicted molar refractivity (Wildman–Crippen MR) is 184 cm³/mol. The second-order valence-corrected chi connectivity index (χ2v) is 12.4. The number of carbonyl (C=O) groups excluding carboxylic acids is 1. The van der Waals surface area contributed by atoms with E-state index in [1.165, 1.54) is 24.5 Å². The molecule has 0 amide bonds. The van der Waals surface area contributed by atoms with Gasteiger partial charge in [-0.3, -0.25) is 9.36 Å². The molecule has 7 nitrogen and oxygen atoms in total. The van der Waals surface area contributed by atoms with Crippen LogP contribution >= 0.6 is 33.9 Å². The van der Waals surface area contributed by atoms with Crippen molar-refractivity contribution < 1.29 is 23.4 Å². The molecule has 1 atom stereocenters. The number of benzene rings is 4. The van der Waals surface area contributed by atoms with Crippen LogP contribution in [0.5, 0.6) is 11.5 Å². The Bertz CT molecular complexity index is 2130. The van der Waals surface area contributed by atoms with E-state index in [2.05, 4.69) is 22.6 Å². The minimum Gasteiger partial charge on any atom is -0.493 e. The summed E-state index contributed by atoms with van der Waals surface area (Å²) in [7, 11) is 1.53. The summed E-state index contributed by atoms with van der Waals surface area (Å²) in [5, 5.41) is 0. The first kappa shape index (κ1) is 31.4. The SMILES string of the molecule is CCOC(=O)C1=C(c2ccccc2)N=c2s/c(=C\c3cc(I)c(OCc4ccccc4F)c(OC)c3)c(=O)n2[C@@H]1c1ccccc1. The van der Waals surface area contributed by atoms with Gasteiger partial charge in [-0.05, 0) is 64.9 Å². The minimum atomic E-state index is -0.752. The summed E-state index contributed by atoms with van der Waals surface area (Å²) in [6.07, 6.45) is 1.77. The Hall–Kier alpha value is -4.55. The summed E-state index contributed by atoms with van der Waals surface area (Å²) < 4.78 is 34.1. The zero-order chi connectivity index (χ0) is 32.2. The summed E-state index contributed by atoms with van der Waals surface area (Å²) >= 11 is 3.38. The Kier molecular flexibility index (Phi) is 9.46. The third kappa shape index (κ3) is 6.27. The molecule has 0 spiro atoms. The highest BCUT2D eigenvalue weighted by Gasteiger charge is 2.35. The second-order valence-electron chi connectivity index (χ2n) is 10.3. The highest BCUT2D eigenvalue weighted by molar-refractivity contribution is 14.1. The number of carbonyl (C=O) groups is 1. The molecular weight excluding hydrogens is 718 g/mol. The van der Waals surface area contributed by atoms with Gasteiger partial charge in [-0.1, -0.05) is 90.2 Å². The van der Waals surface area contributed by atoms with Crippen molar-refractivity contribution in [3.8, 4) is 11.5 Å². The number of hydrogen-bond acceptors (Lipinski definition) is 7. The van der Waals surface area contributed by atoms with Crippen LogP contribution in [0.2, 0.25) is 0 Å². The Labute approximate surface area is 282 Å². The summed E-state index contributed by atoms with van der Waals surface area (Å²) in [5.41, 5.74) is 3.10. The van der Waals surface area contributed by atoms with Crippen LogP contribution in [0, 0.1) is 9.39 Å². The number of methoxy groups -OCH3 is 1. The monoisotopic (exact) mass is 746 g/mol. The van der Waals surface area contributed by atoms with Crippen molar-refractivity contribution in [1.82, 2.24) is 4.57 Å². The van der Waals surface area contributed by atoms with E-state index in [-0.39, 0.29) is 24.6 Å². The average Bonchev–Trinajstić information content (AvgIpc) is 3.38. The molecule has 1 aromatic heterocycles. The van der Waals surface area contributed by atoms with Crippen molar-refractivity contribution in [2.45, 2.75) is 19.6 Å². The number of halogens is 2. The molecule has 0 aliphatic carbocycles. The number of esters is 1. The number of hydrogen-bond donors (Lipinski definition) is 0. The molecule has 0 fully saturated rings. The number of thiazole rings is 1. The summed E-state index contributed by atoms with van der Waals surface area (Å²) in [4.78, 5) is 33.1. The lowest BCUT2D eigenvalue weighted by Crippen LogP contribution is -2.40. The van der Waals surface area contributed by atoms with Crippen molar-refractivity contribution in [1.29, 1.82) is 0 Å². The molecule has 0 radical (unpaired) electrons. The molecule has 6 rings (SSSR count). The van der Waals surface area contributed by atoms with E-state index in [1.54, 1.807) is 41.8 Å². The van der Waals surface area contributed by atoms with Crippen LogP contribution in [-0.2, 0) is 16.1 Å². The van der Waals surface area contributed by atoms with Crippen LogP contribution in [0.1, 0.15) is 35.2 Å². The number of nitrogens with zero attached hydrogens (tertiary/aromatic N) is 2. The lowest BCUT2D eigenvalue weighted by atomic mass is 9.93. The van der Waals surface area contributed by atoms with Gasteiger partial charge in [0.15, 0.2) is 16.3 Å². The number of fused-ring (bicyclic) bond motifs is 1. The highest BCUT2D eigenvalue weighted by atomic mass is 127. The van der Waals surface area contributed by atoms with Crippen LogP contribution < -0.4 is 24.4 Å². The topological polar surface area (TPSA) is 79.1 Å². The number of ether oxygens (including phenoxy) is 3. The molecule has 5 aromatic rings. The molecule has 0 N–H and O–H groups in total. The maximum absolute atomic E-state index is 14.2. The normalized spacial score (nSPS) is 14.4. The molecule has 0 bridgehead atoms. The standard InChI is InChI=1S/C36H28FIN2O5S/c1-3-44-35(42)30-31(23-12-6-4-7-13-23)39-36-40(32(30)24-14-8-5-9-15-24)34(41)29(46-36)20-22-18-27(38)33(28(19-22)43-2)45-21-25-16-10-11-17-26(25)37/h4-20,32H,3,21H2,1-2H3/b29-20-/t32-/m1/s1. The first-order valence-electron chi connectivity index (χ1n) is 14.5. The average molecular weight is 747 g/mol. The summed E-state index contributed by atoms with van der Waals surface area (Å²) in [6.45, 7) is 1.96. The third-order valence-corrected chi connectivity index (χ3v) is 9.15. The molecule has 232 valence electrons. The Morgan fingerprint density at radius 2 is 1.72 bits per heavy atom. The van der Waals surface area contributed by atoms with E-state index in [1.807, 2.05) is 66.7 Å². The lowest BCUT2D eigenvalue weighted by Gasteiger charge is -2.25. The Morgan fingerprint density at radius 1 is 1.02 bits per heavy atom. The molecular formula is C36H28FIN2O5S. The minimum absolute atomic E-state index is 0.0308. The molecule has 0 saturated carbocycles. The fourth-order valence-corrected chi connectivity index (χ4v) is 7.05. The molecule has 1 aliphatic rings. The fraction of sp³-hybridized carbons (Fsp3) is 0.139. The Morgan fingerprint density at radius 3 is 2.41 bits per heavy atom. The zero-order valence-corrected chi connectivity index (χ0v) is 27.9. The van der Waals surface area contributed by atoms with Crippen LogP contribution in [0.15, 0.2) is 112 Å². The van der Waals surface area contributed by atoms with Crippen LogP contribution in [0.3, 0.4) is 0 Å². The Balaban J connectivity index is 1.49. The van der Waals surface area contributed by atoms with Gasteiger partial charge in [0.05, 0.1) is 39.1 Å². The molecule has 46 heavy (non-hydrogen) atoms. The smallest absolute Gasteiger partial charge is 0.338 e. The molecule has 0 unspecified atom stereocenters. The van der Waals surface area contributed by atoms with Crippen LogP contribution in [0.25, 0.3) is 11.8 Å². The van der Waals surface area contributed by atoms with Gasteiger partial charge in [0, 0.05) is 11.1 Å². The first-order valence-corrected chi connectivity index (χ1v) is 16.4. The van der Waals surface area contributed by atoms with Crippen molar-refractivity contribution in [2.75, 3.05) is 13.7 Å². The van der Waals surface area contributed by atoms with E-state index < -0.39 is 12.0 Å². The first-order chi connectivity index (χ1) is 22.4. The van der Waals surface area contributed by atoms with Crippen molar-refractivity contribution in [3.63, 3.8) is 0 Å². The number of rotatable bonds is 9. The van der Waals surface area contributed by atoms with E-state index >= 15 is 0 Å². The van der Waals surface area contributed by atoms with Crippen LogP contribution in [-0.4, -0.2) is 24.3 Å². The number of aromatic nitrogens is 1.